The van der Waals surface area contributed by atoms with Gasteiger partial charge in [-0.05, 0) is 35.4 Å². The molecule has 4 nitrogen and oxygen atoms in total. The lowest BCUT2D eigenvalue weighted by molar-refractivity contribution is 0.306. The Morgan fingerprint density at radius 1 is 1.21 bits per heavy atom. The van der Waals surface area contributed by atoms with Gasteiger partial charge < -0.3 is 10.6 Å². The van der Waals surface area contributed by atoms with Crippen LogP contribution in [0.25, 0.3) is 0 Å². The highest BCUT2D eigenvalue weighted by atomic mass is 16.5. The molecular formula is C15H13N3O. The van der Waals surface area contributed by atoms with Gasteiger partial charge in [0, 0.05) is 0 Å². The fourth-order valence-electron chi connectivity index (χ4n) is 1.67. The third-order valence-corrected chi connectivity index (χ3v) is 2.54. The maximum atomic E-state index is 8.83. The quantitative estimate of drug-likeness (QED) is 0.515. The van der Waals surface area contributed by atoms with Crippen LogP contribution in [0.3, 0.4) is 0 Å². The predicted molar refractivity (Wildman–Crippen MR) is 73.7 cm³/mol. The molecule has 0 saturated carbocycles. The molecule has 0 aliphatic rings. The monoisotopic (exact) mass is 251 g/mol. The molecule has 94 valence electrons. The van der Waals surface area contributed by atoms with Gasteiger partial charge in [0.1, 0.15) is 12.4 Å². The van der Waals surface area contributed by atoms with Gasteiger partial charge >= 0.3 is 0 Å². The number of hydrogen-bond acceptors (Lipinski definition) is 4. The Labute approximate surface area is 111 Å². The zero-order chi connectivity index (χ0) is 13.5. The number of nitrogens with zero attached hydrogens (tertiary/aromatic N) is 2. The molecule has 0 aromatic heterocycles. The van der Waals surface area contributed by atoms with Crippen LogP contribution >= 0.6 is 0 Å². The van der Waals surface area contributed by atoms with Crippen LogP contribution in [-0.2, 0) is 6.61 Å². The number of benzene rings is 2. The first-order valence-corrected chi connectivity index (χ1v) is 5.77. The molecule has 0 amide bonds. The van der Waals surface area contributed by atoms with Crippen LogP contribution in [0.4, 0.5) is 0 Å². The number of hydrazone groups is 1. The van der Waals surface area contributed by atoms with E-state index in [2.05, 4.69) is 11.2 Å². The molecular weight excluding hydrogens is 238 g/mol. The normalized spacial score (nSPS) is 10.3. The minimum absolute atomic E-state index is 0.415. The van der Waals surface area contributed by atoms with Crippen LogP contribution in [-0.4, -0.2) is 6.21 Å². The van der Waals surface area contributed by atoms with E-state index in [1.807, 2.05) is 42.5 Å². The first-order chi connectivity index (χ1) is 9.31. The summed E-state index contributed by atoms with van der Waals surface area (Å²) in [5.41, 5.74) is 2.47. The molecule has 0 saturated heterocycles. The van der Waals surface area contributed by atoms with Crippen molar-refractivity contribution in [2.75, 3.05) is 0 Å². The highest BCUT2D eigenvalue weighted by molar-refractivity contribution is 5.79. The standard InChI is InChI=1S/C15H13N3O/c16-9-12-3-1-5-14(7-12)11-19-15-6-2-4-13(8-15)10-18-17/h1-8,10H,11,17H2. The van der Waals surface area contributed by atoms with E-state index in [1.54, 1.807) is 12.3 Å². The predicted octanol–water partition coefficient (Wildman–Crippen LogP) is 2.43. The van der Waals surface area contributed by atoms with Gasteiger partial charge in [0.25, 0.3) is 0 Å². The van der Waals surface area contributed by atoms with Gasteiger partial charge in [0.15, 0.2) is 0 Å². The maximum absolute atomic E-state index is 8.83. The lowest BCUT2D eigenvalue weighted by Gasteiger charge is -2.07. The number of hydrogen-bond donors (Lipinski definition) is 1. The van der Waals surface area contributed by atoms with Crippen molar-refractivity contribution in [1.29, 1.82) is 5.26 Å². The smallest absolute Gasteiger partial charge is 0.120 e. The first-order valence-electron chi connectivity index (χ1n) is 5.77. The molecule has 0 unspecified atom stereocenters. The van der Waals surface area contributed by atoms with E-state index < -0.39 is 0 Å². The maximum Gasteiger partial charge on any atom is 0.120 e. The lowest BCUT2D eigenvalue weighted by Crippen LogP contribution is -1.96. The van der Waals surface area contributed by atoms with Crippen molar-refractivity contribution in [2.24, 2.45) is 10.9 Å². The van der Waals surface area contributed by atoms with Gasteiger partial charge in [0.05, 0.1) is 17.8 Å². The zero-order valence-corrected chi connectivity index (χ0v) is 10.3. The summed E-state index contributed by atoms with van der Waals surface area (Å²) in [4.78, 5) is 0. The number of nitrogens with two attached hydrogens (primary N) is 1. The van der Waals surface area contributed by atoms with Gasteiger partial charge in [0.2, 0.25) is 0 Å². The van der Waals surface area contributed by atoms with E-state index in [1.165, 1.54) is 0 Å². The Morgan fingerprint density at radius 3 is 2.84 bits per heavy atom. The summed E-state index contributed by atoms with van der Waals surface area (Å²) in [5.74, 6) is 5.84. The molecule has 2 N–H and O–H groups in total. The Bertz CT molecular complexity index is 629. The van der Waals surface area contributed by atoms with Crippen molar-refractivity contribution in [3.8, 4) is 11.8 Å². The molecule has 2 aromatic rings. The minimum Gasteiger partial charge on any atom is -0.489 e. The zero-order valence-electron chi connectivity index (χ0n) is 10.3. The van der Waals surface area contributed by atoms with Crippen molar-refractivity contribution in [2.45, 2.75) is 6.61 Å². The number of nitriles is 1. The van der Waals surface area contributed by atoms with Gasteiger partial charge in [-0.15, -0.1) is 0 Å². The average molecular weight is 251 g/mol. The molecule has 0 bridgehead atoms. The molecule has 2 rings (SSSR count). The summed E-state index contributed by atoms with van der Waals surface area (Å²) in [6, 6.07) is 16.9. The summed E-state index contributed by atoms with van der Waals surface area (Å²) in [6.07, 6.45) is 1.56. The van der Waals surface area contributed by atoms with E-state index in [0.717, 1.165) is 16.9 Å². The SMILES string of the molecule is N#Cc1cccc(COc2cccc(C=NN)c2)c1. The highest BCUT2D eigenvalue weighted by Gasteiger charge is 1.98. The fraction of sp³-hybridized carbons (Fsp3) is 0.0667. The molecule has 4 heteroatoms. The van der Waals surface area contributed by atoms with Gasteiger partial charge in [-0.25, -0.2) is 0 Å². The highest BCUT2D eigenvalue weighted by Crippen LogP contribution is 2.14. The van der Waals surface area contributed by atoms with Crippen molar-refractivity contribution in [1.82, 2.24) is 0 Å². The Morgan fingerprint density at radius 2 is 2.05 bits per heavy atom. The van der Waals surface area contributed by atoms with E-state index >= 15 is 0 Å². The molecule has 19 heavy (non-hydrogen) atoms. The fourth-order valence-corrected chi connectivity index (χ4v) is 1.67. The largest absolute Gasteiger partial charge is 0.489 e. The summed E-state index contributed by atoms with van der Waals surface area (Å²) in [6.45, 7) is 0.415. The van der Waals surface area contributed by atoms with Crippen LogP contribution in [0, 0.1) is 11.3 Å². The summed E-state index contributed by atoms with van der Waals surface area (Å²) < 4.78 is 5.67. The van der Waals surface area contributed by atoms with Gasteiger partial charge in [-0.1, -0.05) is 24.3 Å². The van der Waals surface area contributed by atoms with Crippen LogP contribution in [0.5, 0.6) is 5.75 Å². The summed E-state index contributed by atoms with van der Waals surface area (Å²) in [7, 11) is 0. The number of rotatable bonds is 4. The minimum atomic E-state index is 0.415. The van der Waals surface area contributed by atoms with E-state index in [0.29, 0.717) is 12.2 Å². The van der Waals surface area contributed by atoms with Crippen molar-refractivity contribution in [3.05, 3.63) is 65.2 Å². The molecule has 0 aliphatic carbocycles. The van der Waals surface area contributed by atoms with Gasteiger partial charge in [-0.3, -0.25) is 0 Å². The van der Waals surface area contributed by atoms with Crippen molar-refractivity contribution >= 4 is 6.21 Å². The molecule has 0 radical (unpaired) electrons. The molecule has 0 spiro atoms. The molecule has 2 aromatic carbocycles. The second kappa shape index (κ2) is 6.22. The second-order valence-corrected chi connectivity index (χ2v) is 3.95. The van der Waals surface area contributed by atoms with E-state index in [4.69, 9.17) is 15.8 Å². The van der Waals surface area contributed by atoms with Crippen LogP contribution in [0.2, 0.25) is 0 Å². The summed E-state index contributed by atoms with van der Waals surface area (Å²) in [5, 5.41) is 12.3. The molecule has 0 aliphatic heterocycles. The molecule has 0 atom stereocenters. The van der Waals surface area contributed by atoms with Crippen LogP contribution in [0.1, 0.15) is 16.7 Å². The molecule has 0 heterocycles. The van der Waals surface area contributed by atoms with Gasteiger partial charge in [-0.2, -0.15) is 10.4 Å². The Kier molecular flexibility index (Phi) is 4.14. The Balaban J connectivity index is 2.06. The van der Waals surface area contributed by atoms with Crippen LogP contribution < -0.4 is 10.6 Å². The van der Waals surface area contributed by atoms with Crippen molar-refractivity contribution < 1.29 is 4.74 Å². The number of ether oxygens (including phenoxy) is 1. The van der Waals surface area contributed by atoms with Crippen molar-refractivity contribution in [3.63, 3.8) is 0 Å². The third kappa shape index (κ3) is 3.58. The van der Waals surface area contributed by atoms with Crippen LogP contribution in [0.15, 0.2) is 53.6 Å². The van der Waals surface area contributed by atoms with E-state index in [-0.39, 0.29) is 0 Å². The topological polar surface area (TPSA) is 71.4 Å². The lowest BCUT2D eigenvalue weighted by atomic mass is 10.1. The second-order valence-electron chi connectivity index (χ2n) is 3.95. The van der Waals surface area contributed by atoms with E-state index in [9.17, 15) is 0 Å². The Hall–Kier alpha value is -2.80. The average Bonchev–Trinajstić information content (AvgIpc) is 2.46. The first kappa shape index (κ1) is 12.7. The third-order valence-electron chi connectivity index (χ3n) is 2.54. The summed E-state index contributed by atoms with van der Waals surface area (Å²) >= 11 is 0. The molecule has 0 fully saturated rings.